The van der Waals surface area contributed by atoms with Crippen LogP contribution in [0.2, 0.25) is 0 Å². The molecule has 0 amide bonds. The van der Waals surface area contributed by atoms with Crippen molar-refractivity contribution in [3.63, 3.8) is 0 Å². The van der Waals surface area contributed by atoms with E-state index in [1.807, 2.05) is 222 Å². The van der Waals surface area contributed by atoms with Gasteiger partial charge >= 0.3 is 323 Å². The average Bonchev–Trinajstić information content (AvgIpc) is 1.71. The molecule has 0 bridgehead atoms. The Morgan fingerprint density at radius 3 is 1.03 bits per heavy atom. The van der Waals surface area contributed by atoms with Gasteiger partial charge in [-0.25, -0.2) is 53.6 Å². The Balaban J connectivity index is -0.000000377. The molecule has 15 atom stereocenters. The second-order valence-electron chi connectivity index (χ2n) is 34.9. The minimum Gasteiger partial charge on any atom is -1.00 e. The summed E-state index contributed by atoms with van der Waals surface area (Å²) < 4.78 is 153. The van der Waals surface area contributed by atoms with E-state index in [-0.39, 0.29) is 400 Å². The molecule has 6 aliphatic heterocycles. The number of rotatable bonds is 42. The van der Waals surface area contributed by atoms with Crippen LogP contribution in [0.1, 0.15) is 184 Å². The number of aliphatic hydroxyl groups is 3. The van der Waals surface area contributed by atoms with E-state index in [4.69, 9.17) is 143 Å². The van der Waals surface area contributed by atoms with Gasteiger partial charge in [-0.1, -0.05) is 263 Å². The largest absolute Gasteiger partial charge is 2.00 e. The third-order valence-corrected chi connectivity index (χ3v) is 29.5. The van der Waals surface area contributed by atoms with Crippen LogP contribution in [0.15, 0.2) is 158 Å². The van der Waals surface area contributed by atoms with Gasteiger partial charge in [0, 0.05) is 51.1 Å². The molecule has 0 saturated carbocycles. The standard InChI is InChI=1S/C39H49O10PS.C32H36O8P.C17H29O9PS.C7H14O2S.C2HCl3O2.C2H3N.CH4.6Ba.6H/c1-7-33-35(22-24-44-33)49-50(41,46-25-26-51-37(40)38(2,3)4)47-27-36-34(21-23-45-36)48-39(28-11-9-8-10-12-28,29-13-17-31(42-5)18-14-29)30-15-19-32(43-6)20-16-30;1-4-28-30(19-21-36-28)40-41(33)38-22-31-29(18-20-37-31)39-32(23-8-6-5-7-9-23,24-10-14-26(34-2)15-11-24)25-12-16-27(35-3)17-13-25;1-17(2,3)16(20)28-9-8-24-27(21,25-11-15-12(19)4-6-23-15)26-13-5-7-22-14(13)10-18;1-7(2,3)6(9)10-5-4-8;3-2(4,5)1(6)7;1-2-3;;;;;;;;;;;;;/h8-20,23-24,33-36H,7,21-22,25-27H2,1-6H3;5-17,20-21,28-31H,4,18-19,22H2,1-3H3;6-7,12-15,18-19H,4-5,8-11H2,1-3H3;8H,4-5H2,1-3H3;(H,6,7);1H3;1H4;;;;;;;;;;;;/q-2;-1;-2;;;;;6*+2;6*-1/t33-,34-,35-,36-,50+;28-,29-,30-,31-;12-,13-,14-,15-,27+;;;;;;;;;;;;;;;;/m111................/s1. The van der Waals surface area contributed by atoms with Crippen molar-refractivity contribution < 1.29 is 155 Å². The predicted molar refractivity (Wildman–Crippen MR) is 583 cm³/mol. The number of benzene rings is 6. The summed E-state index contributed by atoms with van der Waals surface area (Å²) in [4.78, 5) is 45.1. The fourth-order valence-electron chi connectivity index (χ4n) is 14.0. The van der Waals surface area contributed by atoms with Gasteiger partial charge in [-0.2, -0.15) is 5.26 Å². The molecular weight excluding hydrogens is 2830 g/mol. The van der Waals surface area contributed by atoms with Crippen LogP contribution in [-0.4, -0.2) is 504 Å². The van der Waals surface area contributed by atoms with Gasteiger partial charge in [-0.05, 0) is 94.8 Å². The molecule has 6 aromatic rings. The summed E-state index contributed by atoms with van der Waals surface area (Å²) in [6.45, 7) is 31.1. The summed E-state index contributed by atoms with van der Waals surface area (Å²) in [6, 6.07) is 53.1. The molecule has 147 heavy (non-hydrogen) atoms. The SMILES string of the molecule is C.CC#N.CC(C)(C)C(=O)SCCO.CC(C)(C)C(=O)SCCO[P@@](=O)(OC[C@H]1O[CH-]C[C@H]1O)O[C@@H]1C[CH-]O[C@@H]1CO.CC[C@H]1O[CH-]C[C@H]1O[P+](=O)OC[C@H]1O[CH-]C[C@H]1OC(c1ccccc1)(c1ccc(OC)cc1)c1ccc(OC)cc1.CC[C@H]1O[CH-]C[C@H]1O[P@@](=O)(OCCSC(=O)C(C)(C)C)OC[C@H]1O[CH-]C[C@H]1OC(c1ccccc1)(c1ccc(OC)cc1)c1ccc(OC)cc1.O=C(O)C(Cl)(Cl)Cl.[Ba+2].[Ba+2].[Ba+2].[Ba+2].[Ba+2].[Ba+2].[H-].[H-].[H-].[H-].[H-].[H-]. The van der Waals surface area contributed by atoms with E-state index in [9.17, 15) is 43.1 Å². The minimum absolute atomic E-state index is 0. The van der Waals surface area contributed by atoms with Gasteiger partial charge in [0.05, 0.1) is 135 Å². The van der Waals surface area contributed by atoms with Crippen LogP contribution in [0.5, 0.6) is 23.0 Å². The molecule has 47 heteroatoms. The van der Waals surface area contributed by atoms with Crippen LogP contribution in [0.3, 0.4) is 0 Å². The van der Waals surface area contributed by atoms with Crippen LogP contribution < -0.4 is 18.9 Å². The first kappa shape index (κ1) is 151. The fraction of sp³-hybridized carbons (Fsp3) is 0.530. The van der Waals surface area contributed by atoms with Crippen LogP contribution >= 0.6 is 94.0 Å². The molecule has 0 radical (unpaired) electrons. The molecule has 1 unspecified atom stereocenters. The smallest absolute Gasteiger partial charge is 1.00 e. The van der Waals surface area contributed by atoms with E-state index in [0.29, 0.717) is 68.0 Å². The Kier molecular flexibility index (Phi) is 79.3. The number of carboxylic acid groups (broad SMARTS) is 1. The zero-order valence-corrected chi connectivity index (χ0v) is 120. The van der Waals surface area contributed by atoms with Gasteiger partial charge in [0.15, 0.2) is 15.3 Å². The molecule has 6 fully saturated rings. The second-order valence-corrected chi connectivity index (χ2v) is 44.5. The van der Waals surface area contributed by atoms with Crippen LogP contribution in [0.4, 0.5) is 0 Å². The van der Waals surface area contributed by atoms with E-state index in [0.717, 1.165) is 74.8 Å². The van der Waals surface area contributed by atoms with Gasteiger partial charge in [0.1, 0.15) is 46.9 Å². The van der Waals surface area contributed by atoms with E-state index in [1.54, 1.807) is 60.9 Å². The number of hydrogen-bond acceptors (Lipinski definition) is 34. The molecule has 6 aromatic carbocycles. The zero-order chi connectivity index (χ0) is 103. The Bertz CT molecular complexity index is 4810. The van der Waals surface area contributed by atoms with Crippen LogP contribution in [0.25, 0.3) is 0 Å². The van der Waals surface area contributed by atoms with Crippen molar-refractivity contribution in [3.05, 3.63) is 231 Å². The van der Waals surface area contributed by atoms with Crippen molar-refractivity contribution in [2.75, 3.05) is 91.9 Å². The number of methoxy groups -OCH3 is 4. The number of phosphoric ester groups is 2. The number of halogens is 3. The van der Waals surface area contributed by atoms with Crippen molar-refractivity contribution in [1.29, 1.82) is 5.26 Å². The predicted octanol–water partition coefficient (Wildman–Crippen LogP) is 19.6. The number of aliphatic carboxylic acids is 1. The maximum absolute atomic E-state index is 14.2. The Labute approximate surface area is 1150 Å². The van der Waals surface area contributed by atoms with Gasteiger partial charge in [-0.15, -0.1) is 47.6 Å². The van der Waals surface area contributed by atoms with Crippen LogP contribution in [-0.2, 0) is 118 Å². The summed E-state index contributed by atoms with van der Waals surface area (Å²) in [5.74, 6) is 2.54. The average molecular weight is 2970 g/mol. The molecule has 12 rings (SSSR count). The van der Waals surface area contributed by atoms with E-state index >= 15 is 0 Å². The molecule has 6 aliphatic rings. The monoisotopic (exact) mass is 2970 g/mol. The number of ether oxygens (including phenoxy) is 12. The second kappa shape index (κ2) is 77.4. The maximum Gasteiger partial charge on any atom is 2.00 e. The van der Waals surface area contributed by atoms with E-state index < -0.39 is 111 Å². The molecule has 798 valence electrons. The fourth-order valence-corrected chi connectivity index (χ4v) is 20.1. The number of nitrogens with zero attached hydrogens (tertiary/aromatic N) is 1. The Morgan fingerprint density at radius 2 is 0.721 bits per heavy atom. The van der Waals surface area contributed by atoms with Gasteiger partial charge < -0.3 is 85.8 Å². The van der Waals surface area contributed by atoms with Gasteiger partial charge in [-0.3, -0.25) is 41.5 Å². The first-order chi connectivity index (χ1) is 66.6. The molecule has 0 aromatic heterocycles. The minimum atomic E-state index is -4.14. The number of alkyl halides is 3. The number of nitriles is 1. The van der Waals surface area contributed by atoms with Crippen molar-refractivity contribution in [2.45, 2.75) is 230 Å². The van der Waals surface area contributed by atoms with Gasteiger partial charge in [0.25, 0.3) is 3.79 Å². The quantitative estimate of drug-likeness (QED) is 0.00690. The third kappa shape index (κ3) is 50.3. The van der Waals surface area contributed by atoms with Crippen molar-refractivity contribution in [1.82, 2.24) is 0 Å². The first-order valence-corrected chi connectivity index (χ1v) is 53.5. The van der Waals surface area contributed by atoms with Gasteiger partial charge in [0.2, 0.25) is 0 Å². The van der Waals surface area contributed by atoms with E-state index in [2.05, 4.69) is 12.1 Å². The van der Waals surface area contributed by atoms with E-state index in [1.165, 1.54) is 31.9 Å². The number of phosphoric acid groups is 2. The molecule has 32 nitrogen and oxygen atoms in total. The molecule has 0 aliphatic carbocycles. The number of carbonyl (C=O) groups is 4. The molecule has 6 saturated heterocycles. The summed E-state index contributed by atoms with van der Waals surface area (Å²) in [5.41, 5.74) is 2.04. The van der Waals surface area contributed by atoms with Crippen molar-refractivity contribution in [3.8, 4) is 29.1 Å². The number of aliphatic hydroxyl groups excluding tert-OH is 3. The van der Waals surface area contributed by atoms with Crippen molar-refractivity contribution in [2.24, 2.45) is 16.2 Å². The topological polar surface area (TPSA) is 409 Å². The molecule has 4 N–H and O–H groups in total. The summed E-state index contributed by atoms with van der Waals surface area (Å²) in [5, 5.41) is 42.8. The molecule has 0 spiro atoms. The Hall–Kier alpha value is 3.64. The summed E-state index contributed by atoms with van der Waals surface area (Å²) in [6.07, 6.45) is -2.02. The van der Waals surface area contributed by atoms with Crippen molar-refractivity contribution >= 4 is 409 Å². The maximum atomic E-state index is 14.2. The Morgan fingerprint density at radius 1 is 0.442 bits per heavy atom. The summed E-state index contributed by atoms with van der Waals surface area (Å²) >= 11 is 17.8. The van der Waals surface area contributed by atoms with Crippen LogP contribution in [0, 0.1) is 67.2 Å². The normalized spacial score (nSPS) is 21.2. The molecule has 6 heterocycles. The molecular formula is C100H142Ba6Cl3NO31P3S3+. The zero-order valence-electron chi connectivity index (χ0n) is 91.8. The number of hydrogen-bond donors (Lipinski definition) is 4. The number of thioether (sulfide) groups is 3. The summed E-state index contributed by atoms with van der Waals surface area (Å²) in [7, 11) is -4.00. The third-order valence-electron chi connectivity index (χ3n) is 21.5. The first-order valence-electron chi connectivity index (χ1n) is 45.4. The number of carboxylic acids is 1. The number of carbonyl (C=O) groups excluding carboxylic acids is 3.